The molecule has 0 amide bonds. The van der Waals surface area contributed by atoms with Crippen molar-refractivity contribution < 1.29 is 4.74 Å². The van der Waals surface area contributed by atoms with Gasteiger partial charge in [-0.3, -0.25) is 0 Å². The minimum atomic E-state index is 0.133. The van der Waals surface area contributed by atoms with Crippen molar-refractivity contribution in [3.8, 4) is 17.6 Å². The molecule has 0 spiro atoms. The van der Waals surface area contributed by atoms with Gasteiger partial charge in [0.05, 0.1) is 11.6 Å². The van der Waals surface area contributed by atoms with Crippen LogP contribution in [0.25, 0.3) is 0 Å². The van der Waals surface area contributed by atoms with E-state index in [1.807, 2.05) is 25.1 Å². The molecule has 108 valence electrons. The SMILES string of the molecule is Cc1cc(Oc2ccc(C(C)(C)C)cc2C)ccc1C#N. The van der Waals surface area contributed by atoms with Crippen LogP contribution in [-0.2, 0) is 5.41 Å². The Morgan fingerprint density at radius 2 is 1.67 bits per heavy atom. The lowest BCUT2D eigenvalue weighted by molar-refractivity contribution is 0.477. The first-order chi connectivity index (χ1) is 9.81. The van der Waals surface area contributed by atoms with Crippen molar-refractivity contribution in [3.05, 3.63) is 58.7 Å². The normalized spacial score (nSPS) is 11.0. The molecule has 2 aromatic rings. The second kappa shape index (κ2) is 5.61. The number of hydrogen-bond donors (Lipinski definition) is 0. The molecule has 0 heterocycles. The topological polar surface area (TPSA) is 33.0 Å². The molecular formula is C19H21NO. The third-order valence-electron chi connectivity index (χ3n) is 3.59. The maximum Gasteiger partial charge on any atom is 0.130 e. The van der Waals surface area contributed by atoms with Gasteiger partial charge in [0, 0.05) is 0 Å². The third kappa shape index (κ3) is 3.44. The minimum absolute atomic E-state index is 0.133. The molecule has 0 aliphatic rings. The van der Waals surface area contributed by atoms with Crippen molar-refractivity contribution in [1.82, 2.24) is 0 Å². The van der Waals surface area contributed by atoms with Crippen LogP contribution in [0.4, 0.5) is 0 Å². The van der Waals surface area contributed by atoms with E-state index < -0.39 is 0 Å². The summed E-state index contributed by atoms with van der Waals surface area (Å²) in [7, 11) is 0. The third-order valence-corrected chi connectivity index (χ3v) is 3.59. The van der Waals surface area contributed by atoms with Crippen molar-refractivity contribution in [2.24, 2.45) is 0 Å². The Bertz CT molecular complexity index is 702. The van der Waals surface area contributed by atoms with E-state index in [1.165, 1.54) is 5.56 Å². The zero-order valence-corrected chi connectivity index (χ0v) is 13.3. The maximum atomic E-state index is 8.96. The van der Waals surface area contributed by atoms with E-state index in [2.05, 4.69) is 45.9 Å². The number of nitriles is 1. The molecule has 0 bridgehead atoms. The van der Waals surface area contributed by atoms with Gasteiger partial charge in [-0.25, -0.2) is 0 Å². The lowest BCUT2D eigenvalue weighted by atomic mass is 9.86. The maximum absolute atomic E-state index is 8.96. The Kier molecular flexibility index (Phi) is 4.04. The number of benzene rings is 2. The van der Waals surface area contributed by atoms with Crippen LogP contribution in [0, 0.1) is 25.2 Å². The van der Waals surface area contributed by atoms with Crippen LogP contribution in [0.1, 0.15) is 43.0 Å². The number of hydrogen-bond acceptors (Lipinski definition) is 2. The van der Waals surface area contributed by atoms with Gasteiger partial charge >= 0.3 is 0 Å². The first kappa shape index (κ1) is 15.1. The van der Waals surface area contributed by atoms with E-state index >= 15 is 0 Å². The first-order valence-electron chi connectivity index (χ1n) is 7.11. The highest BCUT2D eigenvalue weighted by Crippen LogP contribution is 2.30. The second-order valence-corrected chi connectivity index (χ2v) is 6.42. The van der Waals surface area contributed by atoms with Gasteiger partial charge in [0.1, 0.15) is 11.5 Å². The van der Waals surface area contributed by atoms with Gasteiger partial charge in [-0.15, -0.1) is 0 Å². The number of ether oxygens (including phenoxy) is 1. The Morgan fingerprint density at radius 1 is 0.952 bits per heavy atom. The van der Waals surface area contributed by atoms with Crippen LogP contribution in [0.3, 0.4) is 0 Å². The molecule has 21 heavy (non-hydrogen) atoms. The van der Waals surface area contributed by atoms with Crippen LogP contribution in [0.15, 0.2) is 36.4 Å². The Hall–Kier alpha value is -2.27. The van der Waals surface area contributed by atoms with Crippen LogP contribution < -0.4 is 4.74 Å². The summed E-state index contributed by atoms with van der Waals surface area (Å²) in [6, 6.07) is 14.0. The van der Waals surface area contributed by atoms with Gasteiger partial charge in [-0.2, -0.15) is 5.26 Å². The van der Waals surface area contributed by atoms with E-state index in [1.54, 1.807) is 6.07 Å². The molecule has 2 aromatic carbocycles. The smallest absolute Gasteiger partial charge is 0.130 e. The molecule has 0 aliphatic carbocycles. The fourth-order valence-corrected chi connectivity index (χ4v) is 2.18. The molecule has 0 N–H and O–H groups in total. The molecule has 2 rings (SSSR count). The summed E-state index contributed by atoms with van der Waals surface area (Å²) in [4.78, 5) is 0. The highest BCUT2D eigenvalue weighted by atomic mass is 16.5. The summed E-state index contributed by atoms with van der Waals surface area (Å²) in [6.45, 7) is 10.6. The summed E-state index contributed by atoms with van der Waals surface area (Å²) in [5.41, 5.74) is 4.16. The number of rotatable bonds is 2. The lowest BCUT2D eigenvalue weighted by Gasteiger charge is -2.20. The van der Waals surface area contributed by atoms with E-state index in [9.17, 15) is 0 Å². The molecular weight excluding hydrogens is 258 g/mol. The zero-order chi connectivity index (χ0) is 15.6. The molecule has 0 aromatic heterocycles. The molecule has 0 saturated carbocycles. The summed E-state index contributed by atoms with van der Waals surface area (Å²) in [5.74, 6) is 1.62. The Morgan fingerprint density at radius 3 is 2.19 bits per heavy atom. The van der Waals surface area contributed by atoms with E-state index in [-0.39, 0.29) is 5.41 Å². The van der Waals surface area contributed by atoms with Crippen LogP contribution >= 0.6 is 0 Å². The van der Waals surface area contributed by atoms with Gasteiger partial charge in [0.25, 0.3) is 0 Å². The second-order valence-electron chi connectivity index (χ2n) is 6.42. The van der Waals surface area contributed by atoms with Crippen molar-refractivity contribution in [2.75, 3.05) is 0 Å². The van der Waals surface area contributed by atoms with Crippen molar-refractivity contribution in [3.63, 3.8) is 0 Å². The Labute approximate surface area is 127 Å². The van der Waals surface area contributed by atoms with Gasteiger partial charge < -0.3 is 4.74 Å². The van der Waals surface area contributed by atoms with Crippen molar-refractivity contribution in [2.45, 2.75) is 40.0 Å². The largest absolute Gasteiger partial charge is 0.457 e. The molecule has 2 heteroatoms. The van der Waals surface area contributed by atoms with Gasteiger partial charge in [0.15, 0.2) is 0 Å². The molecule has 0 atom stereocenters. The molecule has 2 nitrogen and oxygen atoms in total. The van der Waals surface area contributed by atoms with E-state index in [0.717, 1.165) is 22.6 Å². The van der Waals surface area contributed by atoms with E-state index in [4.69, 9.17) is 10.00 Å². The molecule has 0 radical (unpaired) electrons. The summed E-state index contributed by atoms with van der Waals surface area (Å²) in [6.07, 6.45) is 0. The van der Waals surface area contributed by atoms with Crippen molar-refractivity contribution >= 4 is 0 Å². The molecule has 0 aliphatic heterocycles. The van der Waals surface area contributed by atoms with Crippen LogP contribution in [0.2, 0.25) is 0 Å². The monoisotopic (exact) mass is 279 g/mol. The summed E-state index contributed by atoms with van der Waals surface area (Å²) >= 11 is 0. The number of nitrogens with zero attached hydrogens (tertiary/aromatic N) is 1. The summed E-state index contributed by atoms with van der Waals surface area (Å²) < 4.78 is 5.95. The highest BCUT2D eigenvalue weighted by Gasteiger charge is 2.15. The molecule has 0 saturated heterocycles. The quantitative estimate of drug-likeness (QED) is 0.750. The fourth-order valence-electron chi connectivity index (χ4n) is 2.18. The first-order valence-corrected chi connectivity index (χ1v) is 7.11. The van der Waals surface area contributed by atoms with Gasteiger partial charge in [-0.05, 0) is 60.2 Å². The number of aryl methyl sites for hydroxylation is 2. The summed E-state index contributed by atoms with van der Waals surface area (Å²) in [5, 5.41) is 8.96. The molecule has 0 unspecified atom stereocenters. The predicted molar refractivity (Wildman–Crippen MR) is 85.8 cm³/mol. The fraction of sp³-hybridized carbons (Fsp3) is 0.316. The zero-order valence-electron chi connectivity index (χ0n) is 13.3. The van der Waals surface area contributed by atoms with Crippen LogP contribution in [0.5, 0.6) is 11.5 Å². The van der Waals surface area contributed by atoms with Crippen LogP contribution in [-0.4, -0.2) is 0 Å². The van der Waals surface area contributed by atoms with Gasteiger partial charge in [-0.1, -0.05) is 32.9 Å². The molecule has 0 fully saturated rings. The van der Waals surface area contributed by atoms with Gasteiger partial charge in [0.2, 0.25) is 0 Å². The van der Waals surface area contributed by atoms with Crippen molar-refractivity contribution in [1.29, 1.82) is 5.26 Å². The van der Waals surface area contributed by atoms with E-state index in [0.29, 0.717) is 5.56 Å². The average molecular weight is 279 g/mol. The average Bonchev–Trinajstić information content (AvgIpc) is 2.40. The standard InChI is InChI=1S/C19H21NO/c1-13-11-17(8-6-15(13)12-20)21-18-9-7-16(10-14(18)2)19(3,4)5/h6-11H,1-5H3. The Balaban J connectivity index is 2.28. The highest BCUT2D eigenvalue weighted by molar-refractivity contribution is 5.45. The minimum Gasteiger partial charge on any atom is -0.457 e. The lowest BCUT2D eigenvalue weighted by Crippen LogP contribution is -2.11. The predicted octanol–water partition coefficient (Wildman–Crippen LogP) is 5.26.